The van der Waals surface area contributed by atoms with Gasteiger partial charge in [0.05, 0.1) is 11.6 Å². The maximum absolute atomic E-state index is 6.12. The highest BCUT2D eigenvalue weighted by molar-refractivity contribution is 6.33. The standard InChI is InChI=1S/C14H16ClNO.ClH/c1-10(2)16-9-11-7-8-14(17-11)12-5-3-4-6-13(12)15;/h3-8,10,16H,9H2,1-2H3;1H/p-1. The lowest BCUT2D eigenvalue weighted by Crippen LogP contribution is -3.00. The van der Waals surface area contributed by atoms with Crippen molar-refractivity contribution in [3.8, 4) is 11.3 Å². The Hall–Kier alpha value is -0.960. The van der Waals surface area contributed by atoms with Crippen LogP contribution in [0.2, 0.25) is 5.02 Å². The average molecular weight is 285 g/mol. The summed E-state index contributed by atoms with van der Waals surface area (Å²) in [4.78, 5) is 0. The summed E-state index contributed by atoms with van der Waals surface area (Å²) in [5.74, 6) is 1.74. The molecule has 2 nitrogen and oxygen atoms in total. The third kappa shape index (κ3) is 3.77. The van der Waals surface area contributed by atoms with E-state index in [0.29, 0.717) is 11.1 Å². The fourth-order valence-corrected chi connectivity index (χ4v) is 1.81. The van der Waals surface area contributed by atoms with Gasteiger partial charge in [-0.25, -0.2) is 0 Å². The van der Waals surface area contributed by atoms with Gasteiger partial charge in [0, 0.05) is 11.6 Å². The molecule has 0 spiro atoms. The first-order valence-electron chi connectivity index (χ1n) is 5.74. The number of halogens is 2. The van der Waals surface area contributed by atoms with Gasteiger partial charge < -0.3 is 22.1 Å². The molecule has 1 N–H and O–H groups in total. The molecule has 98 valence electrons. The van der Waals surface area contributed by atoms with Crippen LogP contribution in [-0.4, -0.2) is 6.04 Å². The van der Waals surface area contributed by atoms with E-state index in [1.54, 1.807) is 0 Å². The molecule has 1 aromatic carbocycles. The normalized spacial score (nSPS) is 10.4. The van der Waals surface area contributed by atoms with Crippen LogP contribution in [0, 0.1) is 0 Å². The summed E-state index contributed by atoms with van der Waals surface area (Å²) in [6, 6.07) is 12.1. The molecule has 0 aliphatic carbocycles. The molecule has 0 aliphatic heterocycles. The molecule has 2 rings (SSSR count). The van der Waals surface area contributed by atoms with Gasteiger partial charge in [0.15, 0.2) is 0 Å². The van der Waals surface area contributed by atoms with Crippen molar-refractivity contribution in [2.45, 2.75) is 26.4 Å². The van der Waals surface area contributed by atoms with Crippen molar-refractivity contribution in [2.24, 2.45) is 0 Å². The minimum atomic E-state index is 0. The van der Waals surface area contributed by atoms with Gasteiger partial charge in [-0.05, 0) is 24.3 Å². The summed E-state index contributed by atoms with van der Waals surface area (Å²) >= 11 is 6.12. The monoisotopic (exact) mass is 284 g/mol. The third-order valence-electron chi connectivity index (χ3n) is 2.49. The van der Waals surface area contributed by atoms with Gasteiger partial charge in [0.25, 0.3) is 0 Å². The van der Waals surface area contributed by atoms with Crippen LogP contribution in [0.3, 0.4) is 0 Å². The molecule has 0 bridgehead atoms. The summed E-state index contributed by atoms with van der Waals surface area (Å²) in [5.41, 5.74) is 0.935. The summed E-state index contributed by atoms with van der Waals surface area (Å²) in [6.07, 6.45) is 0. The minimum absolute atomic E-state index is 0. The molecule has 1 heterocycles. The summed E-state index contributed by atoms with van der Waals surface area (Å²) in [7, 11) is 0. The van der Waals surface area contributed by atoms with E-state index in [0.717, 1.165) is 23.6 Å². The lowest BCUT2D eigenvalue weighted by atomic mass is 10.2. The fourth-order valence-electron chi connectivity index (χ4n) is 1.58. The quantitative estimate of drug-likeness (QED) is 0.910. The van der Waals surface area contributed by atoms with Crippen LogP contribution in [0.1, 0.15) is 19.6 Å². The molecule has 0 fully saturated rings. The Kier molecular flexibility index (Phi) is 5.73. The van der Waals surface area contributed by atoms with E-state index in [-0.39, 0.29) is 12.4 Å². The fraction of sp³-hybridized carbons (Fsp3) is 0.286. The number of furan rings is 1. The van der Waals surface area contributed by atoms with E-state index in [4.69, 9.17) is 16.0 Å². The molecule has 2 aromatic rings. The number of nitrogens with one attached hydrogen (secondary N) is 1. The highest BCUT2D eigenvalue weighted by Crippen LogP contribution is 2.28. The van der Waals surface area contributed by atoms with Gasteiger partial charge in [-0.15, -0.1) is 0 Å². The van der Waals surface area contributed by atoms with Crippen LogP contribution in [0.15, 0.2) is 40.8 Å². The molecule has 0 amide bonds. The van der Waals surface area contributed by atoms with Crippen LogP contribution in [-0.2, 0) is 6.54 Å². The first-order chi connectivity index (χ1) is 8.16. The van der Waals surface area contributed by atoms with E-state index in [2.05, 4.69) is 19.2 Å². The van der Waals surface area contributed by atoms with Gasteiger partial charge in [-0.2, -0.15) is 0 Å². The second kappa shape index (κ2) is 6.83. The van der Waals surface area contributed by atoms with Gasteiger partial charge in [-0.1, -0.05) is 37.6 Å². The lowest BCUT2D eigenvalue weighted by Gasteiger charge is -2.05. The van der Waals surface area contributed by atoms with Crippen LogP contribution >= 0.6 is 11.6 Å². The minimum Gasteiger partial charge on any atom is -1.00 e. The summed E-state index contributed by atoms with van der Waals surface area (Å²) in [6.45, 7) is 4.96. The number of benzene rings is 1. The Bertz CT molecular complexity index is 494. The van der Waals surface area contributed by atoms with Crippen LogP contribution in [0.5, 0.6) is 0 Å². The molecular weight excluding hydrogens is 269 g/mol. The molecule has 0 radical (unpaired) electrons. The van der Waals surface area contributed by atoms with E-state index < -0.39 is 0 Å². The van der Waals surface area contributed by atoms with Gasteiger partial charge in [0.1, 0.15) is 11.5 Å². The van der Waals surface area contributed by atoms with E-state index in [9.17, 15) is 0 Å². The molecule has 0 aliphatic rings. The molecular formula is C14H16Cl2NO-. The predicted molar refractivity (Wildman–Crippen MR) is 71.1 cm³/mol. The SMILES string of the molecule is CC(C)NCc1ccc(-c2ccccc2Cl)o1.[Cl-]. The van der Waals surface area contributed by atoms with E-state index >= 15 is 0 Å². The first-order valence-corrected chi connectivity index (χ1v) is 6.11. The van der Waals surface area contributed by atoms with Crippen molar-refractivity contribution in [2.75, 3.05) is 0 Å². The molecule has 4 heteroatoms. The van der Waals surface area contributed by atoms with Crippen molar-refractivity contribution < 1.29 is 16.8 Å². The van der Waals surface area contributed by atoms with E-state index in [1.165, 1.54) is 0 Å². The largest absolute Gasteiger partial charge is 1.00 e. The molecule has 0 unspecified atom stereocenters. The predicted octanol–water partition coefficient (Wildman–Crippen LogP) is 1.10. The van der Waals surface area contributed by atoms with Crippen molar-refractivity contribution in [1.82, 2.24) is 5.32 Å². The van der Waals surface area contributed by atoms with Gasteiger partial charge in [-0.3, -0.25) is 0 Å². The smallest absolute Gasteiger partial charge is 0.135 e. The highest BCUT2D eigenvalue weighted by Gasteiger charge is 2.07. The second-order valence-electron chi connectivity index (χ2n) is 4.28. The summed E-state index contributed by atoms with van der Waals surface area (Å²) < 4.78 is 5.75. The average Bonchev–Trinajstić information content (AvgIpc) is 2.75. The summed E-state index contributed by atoms with van der Waals surface area (Å²) in [5, 5.41) is 4.03. The van der Waals surface area contributed by atoms with Crippen molar-refractivity contribution in [3.63, 3.8) is 0 Å². The zero-order valence-corrected chi connectivity index (χ0v) is 11.9. The van der Waals surface area contributed by atoms with Crippen molar-refractivity contribution >= 4 is 11.6 Å². The number of rotatable bonds is 4. The maximum atomic E-state index is 6.12. The van der Waals surface area contributed by atoms with Gasteiger partial charge >= 0.3 is 0 Å². The van der Waals surface area contributed by atoms with E-state index in [1.807, 2.05) is 36.4 Å². The number of hydrogen-bond donors (Lipinski definition) is 1. The first kappa shape index (κ1) is 15.1. The number of hydrogen-bond acceptors (Lipinski definition) is 2. The Balaban J connectivity index is 0.00000162. The van der Waals surface area contributed by atoms with Crippen LogP contribution in [0.25, 0.3) is 11.3 Å². The molecule has 1 aromatic heterocycles. The Labute approximate surface area is 119 Å². The molecule has 18 heavy (non-hydrogen) atoms. The molecule has 0 saturated carbocycles. The maximum Gasteiger partial charge on any atom is 0.135 e. The van der Waals surface area contributed by atoms with Crippen molar-refractivity contribution in [3.05, 3.63) is 47.2 Å². The zero-order chi connectivity index (χ0) is 12.3. The Morgan fingerprint density at radius 2 is 1.89 bits per heavy atom. The van der Waals surface area contributed by atoms with Crippen LogP contribution < -0.4 is 17.7 Å². The van der Waals surface area contributed by atoms with Crippen LogP contribution in [0.4, 0.5) is 0 Å². The molecule has 0 saturated heterocycles. The van der Waals surface area contributed by atoms with Crippen molar-refractivity contribution in [1.29, 1.82) is 0 Å². The Morgan fingerprint density at radius 1 is 1.17 bits per heavy atom. The molecule has 0 atom stereocenters. The zero-order valence-electron chi connectivity index (χ0n) is 10.4. The lowest BCUT2D eigenvalue weighted by molar-refractivity contribution is -0.00000413. The second-order valence-corrected chi connectivity index (χ2v) is 4.69. The highest BCUT2D eigenvalue weighted by atomic mass is 35.5. The topological polar surface area (TPSA) is 25.2 Å². The third-order valence-corrected chi connectivity index (χ3v) is 2.82. The van der Waals surface area contributed by atoms with Gasteiger partial charge in [0.2, 0.25) is 0 Å². The Morgan fingerprint density at radius 3 is 2.56 bits per heavy atom.